The van der Waals surface area contributed by atoms with Crippen LogP contribution >= 0.6 is 11.6 Å². The normalized spacial score (nSPS) is 21.2. The monoisotopic (exact) mass is 461 g/mol. The summed E-state index contributed by atoms with van der Waals surface area (Å²) in [5, 5.41) is -1.41. The maximum atomic E-state index is 14.2. The highest BCUT2D eigenvalue weighted by Gasteiger charge is 2.62. The molecule has 0 aliphatic heterocycles. The van der Waals surface area contributed by atoms with Crippen molar-refractivity contribution in [2.24, 2.45) is 17.3 Å². The predicted octanol–water partition coefficient (Wildman–Crippen LogP) is 5.31. The largest absolute Gasteiger partial charge is 0.460 e. The molecule has 3 nitrogen and oxygen atoms in total. The van der Waals surface area contributed by atoms with Crippen molar-refractivity contribution in [2.45, 2.75) is 33.2 Å². The Kier molecular flexibility index (Phi) is 6.83. The van der Waals surface area contributed by atoms with Gasteiger partial charge in [-0.15, -0.1) is 0 Å². The third-order valence-corrected chi connectivity index (χ3v) is 5.38. The van der Waals surface area contributed by atoms with Crippen molar-refractivity contribution in [3.05, 3.63) is 45.5 Å². The van der Waals surface area contributed by atoms with Gasteiger partial charge in [-0.25, -0.2) is 17.6 Å². The summed E-state index contributed by atoms with van der Waals surface area (Å²) in [6.45, 7) is 1.44. The van der Waals surface area contributed by atoms with Crippen LogP contribution < -0.4 is 0 Å². The van der Waals surface area contributed by atoms with Crippen LogP contribution in [0, 0.1) is 40.5 Å². The van der Waals surface area contributed by atoms with Crippen molar-refractivity contribution >= 4 is 17.6 Å². The van der Waals surface area contributed by atoms with E-state index in [9.17, 15) is 35.5 Å². The molecule has 0 saturated heterocycles. The van der Waals surface area contributed by atoms with Crippen molar-refractivity contribution in [1.82, 2.24) is 4.90 Å². The van der Waals surface area contributed by atoms with Gasteiger partial charge in [-0.3, -0.25) is 4.79 Å². The van der Waals surface area contributed by atoms with Crippen LogP contribution in [0.1, 0.15) is 25.0 Å². The van der Waals surface area contributed by atoms with Crippen LogP contribution in [0.2, 0.25) is 0 Å². The number of alkyl halides is 3. The zero-order valence-electron chi connectivity index (χ0n) is 16.4. The lowest BCUT2D eigenvalue weighted by Gasteiger charge is -2.15. The van der Waals surface area contributed by atoms with E-state index in [-0.39, 0.29) is 0 Å². The van der Waals surface area contributed by atoms with E-state index in [0.29, 0.717) is 6.08 Å². The number of nitrogens with zero attached hydrogens (tertiary/aromatic N) is 1. The Labute approximate surface area is 173 Å². The van der Waals surface area contributed by atoms with Crippen molar-refractivity contribution in [3.8, 4) is 0 Å². The van der Waals surface area contributed by atoms with Crippen molar-refractivity contribution < 1.29 is 40.3 Å². The number of halogens is 8. The molecule has 1 fully saturated rings. The summed E-state index contributed by atoms with van der Waals surface area (Å²) in [6, 6.07) is 0. The first-order valence-electron chi connectivity index (χ1n) is 8.70. The second kappa shape index (κ2) is 8.37. The Morgan fingerprint density at radius 2 is 1.53 bits per heavy atom. The number of carbonyl (C=O) groups is 1. The molecule has 0 spiro atoms. The molecule has 2 atom stereocenters. The number of esters is 1. The van der Waals surface area contributed by atoms with Crippen LogP contribution in [-0.4, -0.2) is 31.1 Å². The Hall–Kier alpha value is -1.81. The fraction of sp³-hybridized carbons (Fsp3) is 0.526. The maximum Gasteiger partial charge on any atom is 0.426 e. The Balaban J connectivity index is 2.19. The van der Waals surface area contributed by atoms with Gasteiger partial charge in [0, 0.05) is 12.1 Å². The van der Waals surface area contributed by atoms with E-state index in [1.54, 1.807) is 0 Å². The van der Waals surface area contributed by atoms with Gasteiger partial charge in [0.1, 0.15) is 11.6 Å². The lowest BCUT2D eigenvalue weighted by Crippen LogP contribution is -2.18. The van der Waals surface area contributed by atoms with Crippen LogP contribution in [0.5, 0.6) is 0 Å². The molecule has 1 aliphatic carbocycles. The molecule has 1 saturated carbocycles. The molecular formula is C19H19ClF7NO2. The molecule has 0 bridgehead atoms. The fourth-order valence-corrected chi connectivity index (χ4v) is 3.36. The SMILES string of the molecule is CN(C)Cc1c(F)c(F)c(COC(=O)C2C(C=C(Cl)C(F)(F)F)C2(C)C)c(F)c1F. The van der Waals surface area contributed by atoms with Gasteiger partial charge in [-0.2, -0.15) is 13.2 Å². The highest BCUT2D eigenvalue weighted by molar-refractivity contribution is 6.30. The van der Waals surface area contributed by atoms with Crippen molar-refractivity contribution in [2.75, 3.05) is 14.1 Å². The number of allylic oxidation sites excluding steroid dienone is 2. The minimum atomic E-state index is -4.79. The molecule has 0 aromatic heterocycles. The summed E-state index contributed by atoms with van der Waals surface area (Å²) in [6.07, 6.45) is -4.12. The molecule has 1 aromatic rings. The molecule has 0 radical (unpaired) electrons. The van der Waals surface area contributed by atoms with Gasteiger partial charge in [-0.05, 0) is 25.4 Å². The number of carbonyl (C=O) groups excluding carboxylic acids is 1. The third kappa shape index (κ3) is 4.74. The van der Waals surface area contributed by atoms with E-state index in [1.165, 1.54) is 32.8 Å². The lowest BCUT2D eigenvalue weighted by atomic mass is 10.1. The summed E-state index contributed by atoms with van der Waals surface area (Å²) >= 11 is 5.19. The zero-order valence-corrected chi connectivity index (χ0v) is 17.2. The zero-order chi connectivity index (χ0) is 23.2. The Bertz CT molecular complexity index is 852. The summed E-state index contributed by atoms with van der Waals surface area (Å²) in [5.41, 5.74) is -2.90. The van der Waals surface area contributed by atoms with Crippen molar-refractivity contribution in [3.63, 3.8) is 0 Å². The molecule has 1 aromatic carbocycles. The van der Waals surface area contributed by atoms with Gasteiger partial charge in [0.15, 0.2) is 23.3 Å². The molecule has 2 unspecified atom stereocenters. The van der Waals surface area contributed by atoms with Gasteiger partial charge >= 0.3 is 12.1 Å². The first-order valence-corrected chi connectivity index (χ1v) is 9.08. The molecular weight excluding hydrogens is 443 g/mol. The number of hydrogen-bond acceptors (Lipinski definition) is 3. The molecule has 1 aliphatic rings. The van der Waals surface area contributed by atoms with E-state index in [4.69, 9.17) is 16.3 Å². The predicted molar refractivity (Wildman–Crippen MR) is 94.2 cm³/mol. The van der Waals surface area contributed by atoms with Gasteiger partial charge in [0.2, 0.25) is 0 Å². The van der Waals surface area contributed by atoms with Crippen LogP contribution in [-0.2, 0) is 22.7 Å². The highest BCUT2D eigenvalue weighted by Crippen LogP contribution is 2.60. The summed E-state index contributed by atoms with van der Waals surface area (Å²) < 4.78 is 99.2. The fourth-order valence-electron chi connectivity index (χ4n) is 3.23. The van der Waals surface area contributed by atoms with Crippen LogP contribution in [0.4, 0.5) is 30.7 Å². The number of ether oxygens (including phenoxy) is 1. The second-order valence-electron chi connectivity index (χ2n) is 7.90. The molecule has 2 rings (SSSR count). The van der Waals surface area contributed by atoms with Gasteiger partial charge < -0.3 is 9.64 Å². The molecule has 11 heteroatoms. The third-order valence-electron chi connectivity index (χ3n) is 5.04. The van der Waals surface area contributed by atoms with Gasteiger partial charge in [0.25, 0.3) is 0 Å². The summed E-state index contributed by atoms with van der Waals surface area (Å²) in [7, 11) is 2.88. The van der Waals surface area contributed by atoms with Crippen LogP contribution in [0.15, 0.2) is 11.1 Å². The number of benzene rings is 1. The van der Waals surface area contributed by atoms with Crippen LogP contribution in [0.25, 0.3) is 0 Å². The molecule has 168 valence electrons. The minimum Gasteiger partial charge on any atom is -0.460 e. The van der Waals surface area contributed by atoms with E-state index in [2.05, 4.69) is 0 Å². The molecule has 0 heterocycles. The first-order chi connectivity index (χ1) is 13.6. The molecule has 0 amide bonds. The number of rotatable bonds is 6. The quantitative estimate of drug-likeness (QED) is 0.327. The van der Waals surface area contributed by atoms with E-state index in [1.807, 2.05) is 0 Å². The van der Waals surface area contributed by atoms with Gasteiger partial charge in [-0.1, -0.05) is 31.5 Å². The standard InChI is InChI=1S/C19H19ClF7NO2/c1-18(2)10(5-11(20)19(25,26)27)12(18)17(29)30-7-9-15(23)13(21)8(6-28(3)4)14(22)16(9)24/h5,10,12H,6-7H2,1-4H3. The van der Waals surface area contributed by atoms with Crippen molar-refractivity contribution in [1.29, 1.82) is 0 Å². The molecule has 0 N–H and O–H groups in total. The average Bonchev–Trinajstić information content (AvgIpc) is 3.16. The minimum absolute atomic E-state index is 0.407. The van der Waals surface area contributed by atoms with Crippen LogP contribution in [0.3, 0.4) is 0 Å². The molecule has 30 heavy (non-hydrogen) atoms. The maximum absolute atomic E-state index is 14.2. The number of hydrogen-bond donors (Lipinski definition) is 0. The first kappa shape index (κ1) is 24.5. The summed E-state index contributed by atoms with van der Waals surface area (Å²) in [4.78, 5) is 13.5. The topological polar surface area (TPSA) is 29.5 Å². The summed E-state index contributed by atoms with van der Waals surface area (Å²) in [5.74, 6) is -9.69. The lowest BCUT2D eigenvalue weighted by molar-refractivity contribution is -0.147. The second-order valence-corrected chi connectivity index (χ2v) is 8.30. The smallest absolute Gasteiger partial charge is 0.426 e. The Morgan fingerprint density at radius 1 is 1.07 bits per heavy atom. The Morgan fingerprint density at radius 3 is 1.97 bits per heavy atom. The highest BCUT2D eigenvalue weighted by atomic mass is 35.5. The van der Waals surface area contributed by atoms with E-state index >= 15 is 0 Å². The van der Waals surface area contributed by atoms with E-state index < -0.39 is 82.0 Å². The average molecular weight is 462 g/mol. The van der Waals surface area contributed by atoms with E-state index in [0.717, 1.165) is 0 Å². The van der Waals surface area contributed by atoms with Gasteiger partial charge in [0.05, 0.1) is 11.5 Å².